The fourth-order valence-corrected chi connectivity index (χ4v) is 3.81. The average molecular weight is 458 g/mol. The van der Waals surface area contributed by atoms with Gasteiger partial charge in [-0.1, -0.05) is 24.3 Å². The lowest BCUT2D eigenvalue weighted by atomic mass is 10.0. The van der Waals surface area contributed by atoms with E-state index in [0.717, 1.165) is 44.2 Å². The van der Waals surface area contributed by atoms with Gasteiger partial charge in [-0.15, -0.1) is 24.8 Å². The summed E-state index contributed by atoms with van der Waals surface area (Å²) in [6, 6.07) is 11.7. The number of benzene rings is 2. The fourth-order valence-electron chi connectivity index (χ4n) is 3.81. The van der Waals surface area contributed by atoms with E-state index in [9.17, 15) is 13.6 Å². The quantitative estimate of drug-likeness (QED) is 0.743. The minimum atomic E-state index is -0.573. The number of hydrogen-bond acceptors (Lipinski definition) is 3. The summed E-state index contributed by atoms with van der Waals surface area (Å²) in [5.74, 6) is -0.578. The zero-order valence-corrected chi connectivity index (χ0v) is 18.4. The SMILES string of the molecule is CN1CCN(C(=O)CN[C@H]2CC2c2ccc(-c3ccc(F)cc3F)cc2)CC1.Cl.Cl. The molecule has 1 heterocycles. The van der Waals surface area contributed by atoms with Crippen LogP contribution in [0.2, 0.25) is 0 Å². The van der Waals surface area contributed by atoms with Crippen LogP contribution < -0.4 is 5.32 Å². The van der Waals surface area contributed by atoms with E-state index >= 15 is 0 Å². The molecule has 2 aromatic rings. The molecule has 2 aliphatic rings. The van der Waals surface area contributed by atoms with E-state index < -0.39 is 11.6 Å². The van der Waals surface area contributed by atoms with Crippen molar-refractivity contribution in [3.05, 3.63) is 59.7 Å². The minimum absolute atomic E-state index is 0. The summed E-state index contributed by atoms with van der Waals surface area (Å²) >= 11 is 0. The number of halogens is 4. The summed E-state index contributed by atoms with van der Waals surface area (Å²) in [6.45, 7) is 3.83. The molecule has 4 nitrogen and oxygen atoms in total. The largest absolute Gasteiger partial charge is 0.339 e. The maximum absolute atomic E-state index is 13.9. The molecule has 0 bridgehead atoms. The monoisotopic (exact) mass is 457 g/mol. The molecule has 1 saturated carbocycles. The van der Waals surface area contributed by atoms with Gasteiger partial charge in [0.05, 0.1) is 6.54 Å². The lowest BCUT2D eigenvalue weighted by Gasteiger charge is -2.32. The van der Waals surface area contributed by atoms with E-state index in [4.69, 9.17) is 0 Å². The number of hydrogen-bond donors (Lipinski definition) is 1. The second kappa shape index (κ2) is 10.5. The molecule has 2 atom stereocenters. The second-order valence-corrected chi connectivity index (χ2v) is 7.76. The zero-order valence-electron chi connectivity index (χ0n) is 16.8. The van der Waals surface area contributed by atoms with Crippen LogP contribution in [0.25, 0.3) is 11.1 Å². The topological polar surface area (TPSA) is 35.6 Å². The molecular weight excluding hydrogens is 431 g/mol. The predicted octanol–water partition coefficient (Wildman–Crippen LogP) is 3.69. The normalized spacial score (nSPS) is 20.8. The summed E-state index contributed by atoms with van der Waals surface area (Å²) in [5.41, 5.74) is 2.31. The Hall–Kier alpha value is -1.73. The molecule has 0 radical (unpaired) electrons. The Labute approximate surface area is 188 Å². The van der Waals surface area contributed by atoms with Crippen LogP contribution in [0.3, 0.4) is 0 Å². The highest BCUT2D eigenvalue weighted by Crippen LogP contribution is 2.41. The van der Waals surface area contributed by atoms with Gasteiger partial charge in [-0.25, -0.2) is 8.78 Å². The molecule has 1 amide bonds. The summed E-state index contributed by atoms with van der Waals surface area (Å²) in [4.78, 5) is 16.5. The van der Waals surface area contributed by atoms with Crippen molar-refractivity contribution in [2.75, 3.05) is 39.8 Å². The van der Waals surface area contributed by atoms with Gasteiger partial charge in [-0.05, 0) is 36.7 Å². The zero-order chi connectivity index (χ0) is 19.7. The minimum Gasteiger partial charge on any atom is -0.339 e. The first-order valence-corrected chi connectivity index (χ1v) is 9.76. The number of rotatable bonds is 5. The molecule has 1 N–H and O–H groups in total. The smallest absolute Gasteiger partial charge is 0.236 e. The Morgan fingerprint density at radius 1 is 1.03 bits per heavy atom. The molecule has 30 heavy (non-hydrogen) atoms. The van der Waals surface area contributed by atoms with Crippen LogP contribution in [-0.2, 0) is 4.79 Å². The molecular formula is C22H27Cl2F2N3O. The van der Waals surface area contributed by atoms with E-state index in [1.165, 1.54) is 17.7 Å². The van der Waals surface area contributed by atoms with Crippen molar-refractivity contribution >= 4 is 30.7 Å². The molecule has 164 valence electrons. The molecule has 0 aromatic heterocycles. The molecule has 1 aliphatic carbocycles. The van der Waals surface area contributed by atoms with Gasteiger partial charge >= 0.3 is 0 Å². The third kappa shape index (κ3) is 5.70. The molecule has 2 fully saturated rings. The van der Waals surface area contributed by atoms with Crippen LogP contribution in [0.4, 0.5) is 8.78 Å². The van der Waals surface area contributed by atoms with E-state index in [-0.39, 0.29) is 30.7 Å². The Morgan fingerprint density at radius 2 is 1.70 bits per heavy atom. The third-order valence-corrected chi connectivity index (χ3v) is 5.74. The maximum atomic E-state index is 13.9. The lowest BCUT2D eigenvalue weighted by Crippen LogP contribution is -2.49. The predicted molar refractivity (Wildman–Crippen MR) is 120 cm³/mol. The van der Waals surface area contributed by atoms with E-state index in [1.54, 1.807) is 0 Å². The fraction of sp³-hybridized carbons (Fsp3) is 0.409. The number of carbonyl (C=O) groups excluding carboxylic acids is 1. The first-order valence-electron chi connectivity index (χ1n) is 9.76. The molecule has 1 aliphatic heterocycles. The Morgan fingerprint density at radius 3 is 2.33 bits per heavy atom. The number of carbonyl (C=O) groups is 1. The third-order valence-electron chi connectivity index (χ3n) is 5.74. The van der Waals surface area contributed by atoms with Crippen molar-refractivity contribution in [2.45, 2.75) is 18.4 Å². The number of nitrogens with zero attached hydrogens (tertiary/aromatic N) is 2. The van der Waals surface area contributed by atoms with Crippen LogP contribution >= 0.6 is 24.8 Å². The molecule has 4 rings (SSSR count). The maximum Gasteiger partial charge on any atom is 0.236 e. The van der Waals surface area contributed by atoms with Gasteiger partial charge in [0.1, 0.15) is 11.6 Å². The van der Waals surface area contributed by atoms with Crippen molar-refractivity contribution in [1.29, 1.82) is 0 Å². The average Bonchev–Trinajstić information content (AvgIpc) is 3.47. The summed E-state index contributed by atoms with van der Waals surface area (Å²) in [6.07, 6.45) is 1.00. The van der Waals surface area contributed by atoms with Gasteiger partial charge < -0.3 is 15.1 Å². The van der Waals surface area contributed by atoms with Gasteiger partial charge in [0, 0.05) is 49.8 Å². The number of likely N-dealkylation sites (N-methyl/N-ethyl adjacent to an activating group) is 1. The first-order chi connectivity index (χ1) is 13.5. The summed E-state index contributed by atoms with van der Waals surface area (Å²) in [7, 11) is 2.07. The van der Waals surface area contributed by atoms with Gasteiger partial charge in [0.15, 0.2) is 0 Å². The highest BCUT2D eigenvalue weighted by molar-refractivity contribution is 5.85. The number of nitrogens with one attached hydrogen (secondary N) is 1. The van der Waals surface area contributed by atoms with Gasteiger partial charge in [-0.3, -0.25) is 4.79 Å². The van der Waals surface area contributed by atoms with Crippen LogP contribution in [0.5, 0.6) is 0 Å². The Kier molecular flexibility index (Phi) is 8.62. The summed E-state index contributed by atoms with van der Waals surface area (Å²) < 4.78 is 27.0. The lowest BCUT2D eigenvalue weighted by molar-refractivity contribution is -0.131. The van der Waals surface area contributed by atoms with Gasteiger partial charge in [0.2, 0.25) is 5.91 Å². The highest BCUT2D eigenvalue weighted by Gasteiger charge is 2.38. The van der Waals surface area contributed by atoms with E-state index in [2.05, 4.69) is 17.3 Å². The van der Waals surface area contributed by atoms with Crippen molar-refractivity contribution in [3.63, 3.8) is 0 Å². The van der Waals surface area contributed by atoms with Crippen LogP contribution in [0.15, 0.2) is 42.5 Å². The Balaban J connectivity index is 0.00000160. The van der Waals surface area contributed by atoms with Gasteiger partial charge in [-0.2, -0.15) is 0 Å². The van der Waals surface area contributed by atoms with Crippen LogP contribution in [0, 0.1) is 11.6 Å². The standard InChI is InChI=1S/C22H25F2N3O.2ClH/c1-26-8-10-27(11-9-26)22(28)14-25-21-13-19(21)16-4-2-15(3-5-16)18-7-6-17(23)12-20(18)24;;/h2-7,12,19,21,25H,8-11,13-14H2,1H3;2*1H/t19?,21-;;/m0../s1. The van der Waals surface area contributed by atoms with Crippen LogP contribution in [0.1, 0.15) is 17.9 Å². The van der Waals surface area contributed by atoms with Gasteiger partial charge in [0.25, 0.3) is 0 Å². The van der Waals surface area contributed by atoms with E-state index in [1.807, 2.05) is 29.2 Å². The van der Waals surface area contributed by atoms with Crippen molar-refractivity contribution < 1.29 is 13.6 Å². The van der Waals surface area contributed by atoms with Crippen LogP contribution in [-0.4, -0.2) is 61.5 Å². The second-order valence-electron chi connectivity index (χ2n) is 7.76. The van der Waals surface area contributed by atoms with Crippen molar-refractivity contribution in [1.82, 2.24) is 15.1 Å². The molecule has 1 saturated heterocycles. The first kappa shape index (κ1) is 24.5. The molecule has 1 unspecified atom stereocenters. The summed E-state index contributed by atoms with van der Waals surface area (Å²) in [5, 5.41) is 3.37. The molecule has 8 heteroatoms. The molecule has 0 spiro atoms. The highest BCUT2D eigenvalue weighted by atomic mass is 35.5. The number of amides is 1. The Bertz CT molecular complexity index is 858. The number of piperazine rings is 1. The van der Waals surface area contributed by atoms with Crippen molar-refractivity contribution in [2.24, 2.45) is 0 Å². The van der Waals surface area contributed by atoms with E-state index in [0.29, 0.717) is 24.1 Å². The molecule has 2 aromatic carbocycles. The van der Waals surface area contributed by atoms with Crippen molar-refractivity contribution in [3.8, 4) is 11.1 Å².